The molecule has 0 N–H and O–H groups in total. The molecule has 1 aliphatic rings. The highest BCUT2D eigenvalue weighted by Gasteiger charge is 2.18. The van der Waals surface area contributed by atoms with E-state index in [1.54, 1.807) is 0 Å². The first-order valence-electron chi connectivity index (χ1n) is 7.26. The number of rotatable bonds is 5. The Hall–Kier alpha value is -0.860. The van der Waals surface area contributed by atoms with Gasteiger partial charge in [-0.1, -0.05) is 45.0 Å². The van der Waals surface area contributed by atoms with Crippen molar-refractivity contribution < 1.29 is 0 Å². The van der Waals surface area contributed by atoms with Crippen LogP contribution in [0, 0.1) is 0 Å². The molecular formula is C16H26N2. The Morgan fingerprint density at radius 1 is 1.06 bits per heavy atom. The number of likely N-dealkylation sites (N-methyl/N-ethyl adjacent to an activating group) is 1. The molecular weight excluding hydrogens is 220 g/mol. The molecule has 0 amide bonds. The van der Waals surface area contributed by atoms with Gasteiger partial charge in [-0.15, -0.1) is 0 Å². The Balaban J connectivity index is 1.90. The highest BCUT2D eigenvalue weighted by molar-refractivity contribution is 5.25. The monoisotopic (exact) mass is 246 g/mol. The lowest BCUT2D eigenvalue weighted by atomic mass is 9.97. The first kappa shape index (κ1) is 13.6. The lowest BCUT2D eigenvalue weighted by Crippen LogP contribution is -2.24. The van der Waals surface area contributed by atoms with E-state index in [0.29, 0.717) is 5.92 Å². The van der Waals surface area contributed by atoms with Crippen LogP contribution in [0.2, 0.25) is 0 Å². The van der Waals surface area contributed by atoms with E-state index in [0.717, 1.165) is 13.2 Å². The lowest BCUT2D eigenvalue weighted by molar-refractivity contribution is 0.248. The molecule has 0 radical (unpaired) electrons. The predicted molar refractivity (Wildman–Crippen MR) is 77.7 cm³/mol. The quantitative estimate of drug-likeness (QED) is 0.786. The summed E-state index contributed by atoms with van der Waals surface area (Å²) in [7, 11) is 0. The fourth-order valence-corrected chi connectivity index (χ4v) is 2.54. The van der Waals surface area contributed by atoms with Crippen LogP contribution in [0.15, 0.2) is 24.3 Å². The zero-order valence-electron chi connectivity index (χ0n) is 12.0. The largest absolute Gasteiger partial charge is 0.289 e. The van der Waals surface area contributed by atoms with Crippen LogP contribution in [0.3, 0.4) is 0 Å². The average molecular weight is 246 g/mol. The van der Waals surface area contributed by atoms with E-state index in [1.807, 2.05) is 0 Å². The zero-order valence-corrected chi connectivity index (χ0v) is 12.0. The second-order valence-corrected chi connectivity index (χ2v) is 5.46. The molecule has 0 aliphatic carbocycles. The van der Waals surface area contributed by atoms with Gasteiger partial charge in [-0.3, -0.25) is 9.80 Å². The summed E-state index contributed by atoms with van der Waals surface area (Å²) in [6, 6.07) is 9.21. The predicted octanol–water partition coefficient (Wildman–Crippen LogP) is 3.30. The summed E-state index contributed by atoms with van der Waals surface area (Å²) >= 11 is 0. The van der Waals surface area contributed by atoms with Crippen molar-refractivity contribution in [2.45, 2.75) is 39.7 Å². The molecule has 100 valence electrons. The number of benzene rings is 1. The van der Waals surface area contributed by atoms with Crippen molar-refractivity contribution in [1.82, 2.24) is 9.80 Å². The molecule has 1 fully saturated rings. The third kappa shape index (κ3) is 3.33. The standard InChI is InChI=1S/C16H26N2/c1-4-14(3)16-8-6-15(7-9-16)12-18-11-10-17(5-2)13-18/h6-9,14H,4-5,10-13H2,1-3H3. The molecule has 0 spiro atoms. The second kappa shape index (κ2) is 6.35. The summed E-state index contributed by atoms with van der Waals surface area (Å²) in [5.74, 6) is 0.682. The highest BCUT2D eigenvalue weighted by Crippen LogP contribution is 2.19. The normalized spacial score (nSPS) is 19.3. The van der Waals surface area contributed by atoms with Gasteiger partial charge in [0.1, 0.15) is 0 Å². The summed E-state index contributed by atoms with van der Waals surface area (Å²) in [6.45, 7) is 12.6. The van der Waals surface area contributed by atoms with Crippen LogP contribution >= 0.6 is 0 Å². The van der Waals surface area contributed by atoms with Gasteiger partial charge in [-0.2, -0.15) is 0 Å². The van der Waals surface area contributed by atoms with E-state index in [4.69, 9.17) is 0 Å². The lowest BCUT2D eigenvalue weighted by Gasteiger charge is -2.17. The highest BCUT2D eigenvalue weighted by atomic mass is 15.4. The van der Waals surface area contributed by atoms with Crippen LogP contribution in [0.4, 0.5) is 0 Å². The van der Waals surface area contributed by atoms with E-state index in [-0.39, 0.29) is 0 Å². The van der Waals surface area contributed by atoms with E-state index in [1.165, 1.54) is 37.2 Å². The van der Waals surface area contributed by atoms with E-state index >= 15 is 0 Å². The van der Waals surface area contributed by atoms with Gasteiger partial charge in [0.05, 0.1) is 6.67 Å². The molecule has 1 aliphatic heterocycles. The van der Waals surface area contributed by atoms with Gasteiger partial charge in [0.15, 0.2) is 0 Å². The van der Waals surface area contributed by atoms with Gasteiger partial charge in [0.2, 0.25) is 0 Å². The minimum Gasteiger partial charge on any atom is -0.289 e. The summed E-state index contributed by atoms with van der Waals surface area (Å²) in [6.07, 6.45) is 1.22. The number of hydrogen-bond acceptors (Lipinski definition) is 2. The van der Waals surface area contributed by atoms with Crippen molar-refractivity contribution in [2.75, 3.05) is 26.3 Å². The van der Waals surface area contributed by atoms with Crippen LogP contribution in [0.25, 0.3) is 0 Å². The molecule has 2 heteroatoms. The van der Waals surface area contributed by atoms with Crippen LogP contribution in [-0.2, 0) is 6.54 Å². The minimum absolute atomic E-state index is 0.682. The fraction of sp³-hybridized carbons (Fsp3) is 0.625. The average Bonchev–Trinajstić information content (AvgIpc) is 2.86. The maximum Gasteiger partial charge on any atom is 0.0510 e. The summed E-state index contributed by atoms with van der Waals surface area (Å²) in [5, 5.41) is 0. The van der Waals surface area contributed by atoms with Gasteiger partial charge >= 0.3 is 0 Å². The molecule has 1 aromatic carbocycles. The van der Waals surface area contributed by atoms with Crippen LogP contribution in [0.1, 0.15) is 44.2 Å². The van der Waals surface area contributed by atoms with Crippen molar-refractivity contribution in [3.63, 3.8) is 0 Å². The Labute approximate surface area is 112 Å². The van der Waals surface area contributed by atoms with Crippen molar-refractivity contribution in [3.05, 3.63) is 35.4 Å². The van der Waals surface area contributed by atoms with Gasteiger partial charge in [-0.25, -0.2) is 0 Å². The van der Waals surface area contributed by atoms with Crippen LogP contribution in [0.5, 0.6) is 0 Å². The molecule has 0 aromatic heterocycles. The Morgan fingerprint density at radius 2 is 1.72 bits per heavy atom. The molecule has 0 saturated carbocycles. The third-order valence-corrected chi connectivity index (χ3v) is 4.15. The van der Waals surface area contributed by atoms with E-state index in [2.05, 4.69) is 54.8 Å². The van der Waals surface area contributed by atoms with Crippen molar-refractivity contribution >= 4 is 0 Å². The van der Waals surface area contributed by atoms with Crippen molar-refractivity contribution in [2.24, 2.45) is 0 Å². The van der Waals surface area contributed by atoms with Gasteiger partial charge in [0.25, 0.3) is 0 Å². The summed E-state index contributed by atoms with van der Waals surface area (Å²) in [4.78, 5) is 5.02. The number of nitrogens with zero attached hydrogens (tertiary/aromatic N) is 2. The summed E-state index contributed by atoms with van der Waals surface area (Å²) in [5.41, 5.74) is 2.91. The number of hydrogen-bond donors (Lipinski definition) is 0. The second-order valence-electron chi connectivity index (χ2n) is 5.46. The molecule has 1 atom stereocenters. The minimum atomic E-state index is 0.682. The SMILES string of the molecule is CCC(C)c1ccc(CN2CCN(CC)C2)cc1. The van der Waals surface area contributed by atoms with Crippen LogP contribution < -0.4 is 0 Å². The molecule has 2 nitrogen and oxygen atoms in total. The third-order valence-electron chi connectivity index (χ3n) is 4.15. The van der Waals surface area contributed by atoms with Crippen molar-refractivity contribution in [3.8, 4) is 0 Å². The molecule has 1 aromatic rings. The van der Waals surface area contributed by atoms with Gasteiger partial charge in [-0.05, 0) is 30.0 Å². The Morgan fingerprint density at radius 3 is 2.28 bits per heavy atom. The van der Waals surface area contributed by atoms with E-state index in [9.17, 15) is 0 Å². The maximum atomic E-state index is 2.53. The molecule has 1 unspecified atom stereocenters. The molecule has 0 bridgehead atoms. The summed E-state index contributed by atoms with van der Waals surface area (Å²) < 4.78 is 0. The Kier molecular flexibility index (Phi) is 4.79. The zero-order chi connectivity index (χ0) is 13.0. The fourth-order valence-electron chi connectivity index (χ4n) is 2.54. The van der Waals surface area contributed by atoms with Crippen LogP contribution in [-0.4, -0.2) is 36.1 Å². The van der Waals surface area contributed by atoms with Gasteiger partial charge in [0, 0.05) is 19.6 Å². The smallest absolute Gasteiger partial charge is 0.0510 e. The molecule has 1 saturated heterocycles. The Bertz CT molecular complexity index is 358. The van der Waals surface area contributed by atoms with Gasteiger partial charge < -0.3 is 0 Å². The topological polar surface area (TPSA) is 6.48 Å². The first-order chi connectivity index (χ1) is 8.72. The van der Waals surface area contributed by atoms with Crippen molar-refractivity contribution in [1.29, 1.82) is 0 Å². The maximum absolute atomic E-state index is 2.53. The molecule has 2 rings (SSSR count). The first-order valence-corrected chi connectivity index (χ1v) is 7.26. The molecule has 1 heterocycles. The molecule has 18 heavy (non-hydrogen) atoms. The van der Waals surface area contributed by atoms with E-state index < -0.39 is 0 Å².